The molecule has 1 atom stereocenters. The molecular weight excluding hydrogens is 246 g/mol. The predicted octanol–water partition coefficient (Wildman–Crippen LogP) is 1.86. The first-order valence-electron chi connectivity index (χ1n) is 5.09. The van der Waals surface area contributed by atoms with E-state index in [1.807, 2.05) is 0 Å². The summed E-state index contributed by atoms with van der Waals surface area (Å²) >= 11 is 5.56. The number of hydrogen-bond acceptors (Lipinski definition) is 4. The molecule has 5 nitrogen and oxygen atoms in total. The van der Waals surface area contributed by atoms with Crippen molar-refractivity contribution in [3.63, 3.8) is 0 Å². The van der Waals surface area contributed by atoms with Crippen molar-refractivity contribution in [2.24, 2.45) is 5.92 Å². The van der Waals surface area contributed by atoms with Crippen LogP contribution in [0.15, 0.2) is 16.5 Å². The van der Waals surface area contributed by atoms with E-state index in [2.05, 4.69) is 10.1 Å². The Morgan fingerprint density at radius 1 is 1.41 bits per heavy atom. The largest absolute Gasteiger partial charge is 0.467 e. The van der Waals surface area contributed by atoms with Crippen molar-refractivity contribution in [3.05, 3.63) is 23.1 Å². The van der Waals surface area contributed by atoms with Crippen molar-refractivity contribution in [1.82, 2.24) is 5.32 Å². The Kier molecular flexibility index (Phi) is 4.57. The zero-order valence-electron chi connectivity index (χ0n) is 9.82. The molecular formula is C11H14ClNO4. The second kappa shape index (κ2) is 5.72. The van der Waals surface area contributed by atoms with Crippen LogP contribution in [-0.4, -0.2) is 25.0 Å². The van der Waals surface area contributed by atoms with Gasteiger partial charge in [0.05, 0.1) is 7.11 Å². The van der Waals surface area contributed by atoms with Gasteiger partial charge in [0.1, 0.15) is 6.04 Å². The van der Waals surface area contributed by atoms with Crippen LogP contribution in [0.1, 0.15) is 24.4 Å². The standard InChI is InChI=1S/C11H14ClNO4/c1-6(2)9(11(15)16-3)13-10(14)7-4-5-8(12)17-7/h4-6,9H,1-3H3,(H,13,14). The van der Waals surface area contributed by atoms with Gasteiger partial charge in [0.2, 0.25) is 0 Å². The number of carbonyl (C=O) groups is 2. The van der Waals surface area contributed by atoms with Gasteiger partial charge in [-0.1, -0.05) is 13.8 Å². The average molecular weight is 260 g/mol. The summed E-state index contributed by atoms with van der Waals surface area (Å²) in [5.41, 5.74) is 0. The third-order valence-corrected chi connectivity index (χ3v) is 2.41. The second-order valence-electron chi connectivity index (χ2n) is 3.82. The van der Waals surface area contributed by atoms with Crippen LogP contribution in [-0.2, 0) is 9.53 Å². The molecule has 0 bridgehead atoms. The maximum absolute atomic E-state index is 11.7. The van der Waals surface area contributed by atoms with Gasteiger partial charge < -0.3 is 14.5 Å². The molecule has 6 heteroatoms. The lowest BCUT2D eigenvalue weighted by Gasteiger charge is -2.18. The molecule has 0 spiro atoms. The minimum absolute atomic E-state index is 0.0598. The summed E-state index contributed by atoms with van der Waals surface area (Å²) in [6.07, 6.45) is 0. The monoisotopic (exact) mass is 259 g/mol. The quantitative estimate of drug-likeness (QED) is 0.838. The van der Waals surface area contributed by atoms with E-state index in [1.165, 1.54) is 19.2 Å². The van der Waals surface area contributed by atoms with Gasteiger partial charge in [-0.15, -0.1) is 0 Å². The smallest absolute Gasteiger partial charge is 0.328 e. The molecule has 0 radical (unpaired) electrons. The minimum atomic E-state index is -0.712. The van der Waals surface area contributed by atoms with E-state index >= 15 is 0 Å². The van der Waals surface area contributed by atoms with Crippen molar-refractivity contribution in [1.29, 1.82) is 0 Å². The first-order chi connectivity index (χ1) is 7.95. The summed E-state index contributed by atoms with van der Waals surface area (Å²) in [7, 11) is 1.27. The molecule has 1 rings (SSSR count). The van der Waals surface area contributed by atoms with E-state index in [0.29, 0.717) is 0 Å². The zero-order valence-corrected chi connectivity index (χ0v) is 10.6. The van der Waals surface area contributed by atoms with Crippen LogP contribution in [0.4, 0.5) is 0 Å². The van der Waals surface area contributed by atoms with Gasteiger partial charge in [-0.2, -0.15) is 0 Å². The lowest BCUT2D eigenvalue weighted by atomic mass is 10.0. The van der Waals surface area contributed by atoms with Crippen LogP contribution in [0.25, 0.3) is 0 Å². The molecule has 1 aromatic heterocycles. The van der Waals surface area contributed by atoms with Gasteiger partial charge in [-0.25, -0.2) is 4.79 Å². The molecule has 0 aliphatic rings. The van der Waals surface area contributed by atoms with Gasteiger partial charge in [-0.05, 0) is 29.7 Å². The number of amides is 1. The first-order valence-corrected chi connectivity index (χ1v) is 5.47. The Morgan fingerprint density at radius 3 is 2.47 bits per heavy atom. The third-order valence-electron chi connectivity index (χ3n) is 2.21. The summed E-state index contributed by atoms with van der Waals surface area (Å²) in [6, 6.07) is 2.18. The first kappa shape index (κ1) is 13.6. The number of hydrogen-bond donors (Lipinski definition) is 1. The van der Waals surface area contributed by atoms with Crippen molar-refractivity contribution < 1.29 is 18.7 Å². The number of nitrogens with one attached hydrogen (secondary N) is 1. The van der Waals surface area contributed by atoms with Crippen molar-refractivity contribution >= 4 is 23.5 Å². The number of carbonyl (C=O) groups excluding carboxylic acids is 2. The fourth-order valence-corrected chi connectivity index (χ4v) is 1.42. The van der Waals surface area contributed by atoms with Gasteiger partial charge >= 0.3 is 5.97 Å². The van der Waals surface area contributed by atoms with Gasteiger partial charge in [-0.3, -0.25) is 4.79 Å². The molecule has 0 saturated carbocycles. The van der Waals surface area contributed by atoms with E-state index in [9.17, 15) is 9.59 Å². The van der Waals surface area contributed by atoms with E-state index in [-0.39, 0.29) is 16.9 Å². The summed E-state index contributed by atoms with van der Waals surface area (Å²) < 4.78 is 9.55. The number of esters is 1. The summed E-state index contributed by atoms with van der Waals surface area (Å²) in [4.78, 5) is 23.2. The lowest BCUT2D eigenvalue weighted by Crippen LogP contribution is -2.44. The summed E-state index contributed by atoms with van der Waals surface area (Å²) in [5.74, 6) is -1.02. The molecule has 1 amide bonds. The Bertz CT molecular complexity index is 413. The number of methoxy groups -OCH3 is 1. The van der Waals surface area contributed by atoms with Gasteiger partial charge in [0.25, 0.3) is 5.91 Å². The number of rotatable bonds is 4. The predicted molar refractivity (Wildman–Crippen MR) is 61.8 cm³/mol. The molecule has 0 aliphatic carbocycles. The molecule has 1 heterocycles. The summed E-state index contributed by atoms with van der Waals surface area (Å²) in [6.45, 7) is 3.61. The lowest BCUT2D eigenvalue weighted by molar-refractivity contribution is -0.144. The molecule has 17 heavy (non-hydrogen) atoms. The molecule has 0 aromatic carbocycles. The topological polar surface area (TPSA) is 68.5 Å². The maximum Gasteiger partial charge on any atom is 0.328 e. The Balaban J connectivity index is 2.74. The molecule has 94 valence electrons. The molecule has 1 unspecified atom stereocenters. The van der Waals surface area contributed by atoms with E-state index in [0.717, 1.165) is 0 Å². The highest BCUT2D eigenvalue weighted by atomic mass is 35.5. The Hall–Kier alpha value is -1.49. The average Bonchev–Trinajstić information content (AvgIpc) is 2.71. The fourth-order valence-electron chi connectivity index (χ4n) is 1.27. The number of furan rings is 1. The number of ether oxygens (including phenoxy) is 1. The fraction of sp³-hybridized carbons (Fsp3) is 0.455. The van der Waals surface area contributed by atoms with E-state index in [1.54, 1.807) is 13.8 Å². The highest BCUT2D eigenvalue weighted by Gasteiger charge is 2.26. The van der Waals surface area contributed by atoms with Crippen molar-refractivity contribution in [3.8, 4) is 0 Å². The van der Waals surface area contributed by atoms with Crippen molar-refractivity contribution in [2.75, 3.05) is 7.11 Å². The molecule has 0 saturated heterocycles. The SMILES string of the molecule is COC(=O)C(NC(=O)c1ccc(Cl)o1)C(C)C. The molecule has 1 N–H and O–H groups in total. The zero-order chi connectivity index (χ0) is 13.0. The molecule has 0 fully saturated rings. The highest BCUT2D eigenvalue weighted by Crippen LogP contribution is 2.13. The van der Waals surface area contributed by atoms with Crippen LogP contribution >= 0.6 is 11.6 Å². The van der Waals surface area contributed by atoms with Crippen molar-refractivity contribution in [2.45, 2.75) is 19.9 Å². The molecule has 0 aliphatic heterocycles. The third kappa shape index (κ3) is 3.49. The van der Waals surface area contributed by atoms with Crippen LogP contribution in [0.5, 0.6) is 0 Å². The maximum atomic E-state index is 11.7. The minimum Gasteiger partial charge on any atom is -0.467 e. The summed E-state index contributed by atoms with van der Waals surface area (Å²) in [5, 5.41) is 2.65. The molecule has 1 aromatic rings. The normalized spacial score (nSPS) is 12.3. The Morgan fingerprint density at radius 2 is 2.06 bits per heavy atom. The highest BCUT2D eigenvalue weighted by molar-refractivity contribution is 6.29. The van der Waals surface area contributed by atoms with Gasteiger partial charge in [0.15, 0.2) is 11.0 Å². The van der Waals surface area contributed by atoms with Crippen LogP contribution in [0.2, 0.25) is 5.22 Å². The Labute approximate surface area is 104 Å². The van der Waals surface area contributed by atoms with Crippen LogP contribution in [0.3, 0.4) is 0 Å². The van der Waals surface area contributed by atoms with Crippen LogP contribution in [0, 0.1) is 5.92 Å². The number of halogens is 1. The van der Waals surface area contributed by atoms with E-state index in [4.69, 9.17) is 16.0 Å². The second-order valence-corrected chi connectivity index (χ2v) is 4.19. The van der Waals surface area contributed by atoms with E-state index < -0.39 is 17.9 Å². The van der Waals surface area contributed by atoms with Gasteiger partial charge in [0, 0.05) is 0 Å². The van der Waals surface area contributed by atoms with Crippen LogP contribution < -0.4 is 5.32 Å².